The molecule has 0 atom stereocenters. The standard InChI is InChI=1S/C11H10N2O3S/c1-16-9-5-6(2-3-8(9)14)4-7-10(15)13-11(17)12-7/h2-5,14H,1H3,(H2,12,13,15,17). The highest BCUT2D eigenvalue weighted by Gasteiger charge is 2.19. The molecule has 2 rings (SSSR count). The monoisotopic (exact) mass is 250 g/mol. The summed E-state index contributed by atoms with van der Waals surface area (Å²) in [5.41, 5.74) is 1.09. The van der Waals surface area contributed by atoms with Crippen LogP contribution >= 0.6 is 12.2 Å². The summed E-state index contributed by atoms with van der Waals surface area (Å²) >= 11 is 4.81. The van der Waals surface area contributed by atoms with Gasteiger partial charge in [0.25, 0.3) is 5.91 Å². The third-order valence-corrected chi connectivity index (χ3v) is 2.44. The number of hydrogen-bond acceptors (Lipinski definition) is 4. The number of thiocarbonyl (C=S) groups is 1. The van der Waals surface area contributed by atoms with Gasteiger partial charge in [-0.25, -0.2) is 0 Å². The van der Waals surface area contributed by atoms with Crippen molar-refractivity contribution in [3.05, 3.63) is 29.5 Å². The topological polar surface area (TPSA) is 70.6 Å². The average molecular weight is 250 g/mol. The first-order valence-electron chi connectivity index (χ1n) is 4.81. The molecule has 3 N–H and O–H groups in total. The Balaban J connectivity index is 2.33. The second kappa shape index (κ2) is 4.42. The first kappa shape index (κ1) is 11.4. The molecule has 0 spiro atoms. The van der Waals surface area contributed by atoms with Gasteiger partial charge in [0, 0.05) is 0 Å². The number of ether oxygens (including phenoxy) is 1. The van der Waals surface area contributed by atoms with E-state index in [0.717, 1.165) is 5.56 Å². The molecule has 0 aromatic heterocycles. The number of aromatic hydroxyl groups is 1. The van der Waals surface area contributed by atoms with E-state index >= 15 is 0 Å². The zero-order valence-corrected chi connectivity index (χ0v) is 9.80. The van der Waals surface area contributed by atoms with Crippen LogP contribution in [-0.4, -0.2) is 23.2 Å². The summed E-state index contributed by atoms with van der Waals surface area (Å²) in [6.45, 7) is 0. The summed E-state index contributed by atoms with van der Waals surface area (Å²) in [7, 11) is 1.46. The fraction of sp³-hybridized carbons (Fsp3) is 0.0909. The average Bonchev–Trinajstić information content (AvgIpc) is 2.60. The Morgan fingerprint density at radius 1 is 1.41 bits per heavy atom. The zero-order valence-electron chi connectivity index (χ0n) is 8.98. The normalized spacial score (nSPS) is 16.9. The lowest BCUT2D eigenvalue weighted by atomic mass is 10.1. The van der Waals surface area contributed by atoms with Gasteiger partial charge in [0.1, 0.15) is 5.70 Å². The Hall–Kier alpha value is -2.08. The lowest BCUT2D eigenvalue weighted by Crippen LogP contribution is -2.21. The number of rotatable bonds is 2. The van der Waals surface area contributed by atoms with Crippen molar-refractivity contribution in [2.45, 2.75) is 0 Å². The Labute approximate surface area is 103 Å². The first-order valence-corrected chi connectivity index (χ1v) is 5.22. The number of carbonyl (C=O) groups excluding carboxylic acids is 1. The molecule has 1 aromatic carbocycles. The third-order valence-electron chi connectivity index (χ3n) is 2.23. The van der Waals surface area contributed by atoms with Crippen molar-refractivity contribution in [2.75, 3.05) is 7.11 Å². The van der Waals surface area contributed by atoms with Crippen LogP contribution in [0.2, 0.25) is 0 Å². The molecule has 0 unspecified atom stereocenters. The van der Waals surface area contributed by atoms with Gasteiger partial charge >= 0.3 is 0 Å². The molecule has 0 radical (unpaired) electrons. The van der Waals surface area contributed by atoms with Crippen LogP contribution in [0.15, 0.2) is 23.9 Å². The molecule has 1 heterocycles. The largest absolute Gasteiger partial charge is 0.504 e. The van der Waals surface area contributed by atoms with E-state index in [0.29, 0.717) is 11.4 Å². The van der Waals surface area contributed by atoms with E-state index in [1.54, 1.807) is 18.2 Å². The van der Waals surface area contributed by atoms with Crippen molar-refractivity contribution < 1.29 is 14.6 Å². The van der Waals surface area contributed by atoms with E-state index < -0.39 is 0 Å². The lowest BCUT2D eigenvalue weighted by Gasteiger charge is -2.04. The van der Waals surface area contributed by atoms with Crippen LogP contribution in [0.1, 0.15) is 5.56 Å². The number of phenols is 1. The molecule has 6 heteroatoms. The number of nitrogens with one attached hydrogen (secondary N) is 2. The van der Waals surface area contributed by atoms with Crippen molar-refractivity contribution >= 4 is 29.3 Å². The van der Waals surface area contributed by atoms with E-state index in [1.807, 2.05) is 0 Å². The second-order valence-corrected chi connectivity index (χ2v) is 3.81. The van der Waals surface area contributed by atoms with Gasteiger partial charge in [0.15, 0.2) is 16.6 Å². The van der Waals surface area contributed by atoms with Crippen LogP contribution in [0.4, 0.5) is 0 Å². The minimum absolute atomic E-state index is 0.0500. The number of benzene rings is 1. The van der Waals surface area contributed by atoms with E-state index in [1.165, 1.54) is 13.2 Å². The fourth-order valence-corrected chi connectivity index (χ4v) is 1.64. The van der Waals surface area contributed by atoms with Gasteiger partial charge in [0.05, 0.1) is 7.11 Å². The van der Waals surface area contributed by atoms with Crippen molar-refractivity contribution in [1.82, 2.24) is 10.6 Å². The van der Waals surface area contributed by atoms with Crippen molar-refractivity contribution in [2.24, 2.45) is 0 Å². The first-order chi connectivity index (χ1) is 8.10. The van der Waals surface area contributed by atoms with Crippen LogP contribution in [0.25, 0.3) is 6.08 Å². The van der Waals surface area contributed by atoms with Crippen LogP contribution in [0.3, 0.4) is 0 Å². The molecule has 17 heavy (non-hydrogen) atoms. The van der Waals surface area contributed by atoms with Gasteiger partial charge in [0.2, 0.25) is 0 Å². The van der Waals surface area contributed by atoms with Gasteiger partial charge in [-0.15, -0.1) is 0 Å². The Morgan fingerprint density at radius 3 is 2.76 bits per heavy atom. The summed E-state index contributed by atoms with van der Waals surface area (Å²) in [6.07, 6.45) is 1.62. The van der Waals surface area contributed by atoms with Gasteiger partial charge in [-0.05, 0) is 36.0 Å². The minimum Gasteiger partial charge on any atom is -0.504 e. The van der Waals surface area contributed by atoms with E-state index in [2.05, 4.69) is 10.6 Å². The number of methoxy groups -OCH3 is 1. The molecule has 1 aliphatic rings. The summed E-state index contributed by atoms with van der Waals surface area (Å²) in [6, 6.07) is 4.79. The Bertz CT molecular complexity index is 525. The molecule has 1 aromatic rings. The maximum Gasteiger partial charge on any atom is 0.273 e. The molecule has 1 aliphatic heterocycles. The highest BCUT2D eigenvalue weighted by molar-refractivity contribution is 7.80. The molecule has 5 nitrogen and oxygen atoms in total. The van der Waals surface area contributed by atoms with Gasteiger partial charge in [-0.1, -0.05) is 6.07 Å². The quantitative estimate of drug-likeness (QED) is 0.533. The SMILES string of the molecule is COc1cc(C=C2NC(=S)NC2=O)ccc1O. The number of phenolic OH excluding ortho intramolecular Hbond substituents is 1. The smallest absolute Gasteiger partial charge is 0.273 e. The van der Waals surface area contributed by atoms with Crippen LogP contribution in [0.5, 0.6) is 11.5 Å². The van der Waals surface area contributed by atoms with E-state index in [-0.39, 0.29) is 16.8 Å². The maximum atomic E-state index is 11.4. The van der Waals surface area contributed by atoms with Crippen LogP contribution in [-0.2, 0) is 4.79 Å². The molecular formula is C11H10N2O3S. The number of amides is 1. The summed E-state index contributed by atoms with van der Waals surface area (Å²) in [4.78, 5) is 11.4. The predicted octanol–water partition coefficient (Wildman–Crippen LogP) is 0.746. The molecule has 1 saturated heterocycles. The molecule has 1 amide bonds. The minimum atomic E-state index is -0.276. The van der Waals surface area contributed by atoms with Crippen LogP contribution in [0, 0.1) is 0 Å². The summed E-state index contributed by atoms with van der Waals surface area (Å²) in [5, 5.41) is 14.9. The maximum absolute atomic E-state index is 11.4. The van der Waals surface area contributed by atoms with E-state index in [9.17, 15) is 9.90 Å². The number of hydrogen-bond donors (Lipinski definition) is 3. The van der Waals surface area contributed by atoms with Crippen LogP contribution < -0.4 is 15.4 Å². The highest BCUT2D eigenvalue weighted by atomic mass is 32.1. The molecular weight excluding hydrogens is 240 g/mol. The molecule has 88 valence electrons. The fourth-order valence-electron chi connectivity index (χ4n) is 1.43. The van der Waals surface area contributed by atoms with Crippen molar-refractivity contribution in [1.29, 1.82) is 0 Å². The Kier molecular flexibility index (Phi) is 2.97. The summed E-state index contributed by atoms with van der Waals surface area (Å²) < 4.78 is 4.97. The third kappa shape index (κ3) is 2.36. The number of carbonyl (C=O) groups is 1. The Morgan fingerprint density at radius 2 is 2.18 bits per heavy atom. The van der Waals surface area contributed by atoms with Crippen molar-refractivity contribution in [3.63, 3.8) is 0 Å². The molecule has 0 aliphatic carbocycles. The molecule has 0 saturated carbocycles. The lowest BCUT2D eigenvalue weighted by molar-refractivity contribution is -0.115. The van der Waals surface area contributed by atoms with Gasteiger partial charge in [-0.3, -0.25) is 10.1 Å². The predicted molar refractivity (Wildman–Crippen MR) is 66.5 cm³/mol. The summed E-state index contributed by atoms with van der Waals surface area (Å²) in [5.74, 6) is 0.122. The molecule has 1 fully saturated rings. The van der Waals surface area contributed by atoms with E-state index in [4.69, 9.17) is 17.0 Å². The van der Waals surface area contributed by atoms with Gasteiger partial charge in [-0.2, -0.15) is 0 Å². The van der Waals surface area contributed by atoms with Crippen molar-refractivity contribution in [3.8, 4) is 11.5 Å². The highest BCUT2D eigenvalue weighted by Crippen LogP contribution is 2.27. The zero-order chi connectivity index (χ0) is 12.4. The van der Waals surface area contributed by atoms with Gasteiger partial charge < -0.3 is 15.2 Å². The molecule has 0 bridgehead atoms. The second-order valence-electron chi connectivity index (χ2n) is 3.40.